The summed E-state index contributed by atoms with van der Waals surface area (Å²) in [5.41, 5.74) is 0.769. The molecule has 6 nitrogen and oxygen atoms in total. The van der Waals surface area contributed by atoms with Gasteiger partial charge in [0, 0.05) is 5.69 Å². The third-order valence-corrected chi connectivity index (χ3v) is 3.70. The van der Waals surface area contributed by atoms with E-state index in [0.717, 1.165) is 12.1 Å². The summed E-state index contributed by atoms with van der Waals surface area (Å²) in [6.45, 7) is -0.0331. The minimum Gasteiger partial charge on any atom is -0.491 e. The highest BCUT2D eigenvalue weighted by Gasteiger charge is 2.31. The van der Waals surface area contributed by atoms with Gasteiger partial charge in [0.2, 0.25) is 11.8 Å². The number of hydrogen-bond acceptors (Lipinski definition) is 4. The van der Waals surface area contributed by atoms with Gasteiger partial charge in [0.1, 0.15) is 18.0 Å². The first-order chi connectivity index (χ1) is 12.8. The molecule has 0 aliphatic carbocycles. The van der Waals surface area contributed by atoms with Crippen LogP contribution < -0.4 is 19.7 Å². The summed E-state index contributed by atoms with van der Waals surface area (Å²) >= 11 is 0. The lowest BCUT2D eigenvalue weighted by molar-refractivity contribution is -0.274. The number of fused-ring (bicyclic) bond motifs is 1. The zero-order valence-electron chi connectivity index (χ0n) is 14.0. The van der Waals surface area contributed by atoms with Crippen molar-refractivity contribution in [2.45, 2.75) is 12.8 Å². The van der Waals surface area contributed by atoms with Crippen LogP contribution in [-0.2, 0) is 9.59 Å². The Morgan fingerprint density at radius 3 is 2.56 bits per heavy atom. The number of amides is 2. The van der Waals surface area contributed by atoms with Gasteiger partial charge in [-0.25, -0.2) is 0 Å². The number of halogens is 3. The number of hydrogen-bond donors (Lipinski definition) is 1. The monoisotopic (exact) mass is 380 g/mol. The van der Waals surface area contributed by atoms with Crippen molar-refractivity contribution in [3.63, 3.8) is 0 Å². The van der Waals surface area contributed by atoms with E-state index in [4.69, 9.17) is 4.74 Å². The van der Waals surface area contributed by atoms with Crippen LogP contribution in [0.1, 0.15) is 6.42 Å². The number of ether oxygens (including phenoxy) is 2. The van der Waals surface area contributed by atoms with Crippen molar-refractivity contribution >= 4 is 23.2 Å². The Morgan fingerprint density at radius 2 is 1.85 bits per heavy atom. The molecule has 27 heavy (non-hydrogen) atoms. The third-order valence-electron chi connectivity index (χ3n) is 3.70. The van der Waals surface area contributed by atoms with Gasteiger partial charge in [0.05, 0.1) is 18.7 Å². The van der Waals surface area contributed by atoms with Crippen LogP contribution in [-0.4, -0.2) is 31.3 Å². The fourth-order valence-electron chi connectivity index (χ4n) is 2.58. The molecule has 1 heterocycles. The fraction of sp³-hybridized carbons (Fsp3) is 0.222. The molecule has 0 radical (unpaired) electrons. The van der Waals surface area contributed by atoms with Crippen LogP contribution in [0.2, 0.25) is 0 Å². The number of nitrogens with zero attached hydrogens (tertiary/aromatic N) is 1. The molecule has 2 aromatic carbocycles. The largest absolute Gasteiger partial charge is 0.573 e. The molecule has 0 unspecified atom stereocenters. The molecule has 0 fully saturated rings. The standard InChI is InChI=1S/C18H15F3N2O4/c19-18(20,21)27-13-7-5-12(6-8-13)22-16(24)11-23-14-3-1-2-4-15(14)26-10-9-17(23)25/h1-8H,9-11H2,(H,22,24). The first kappa shape index (κ1) is 18.6. The minimum atomic E-state index is -4.78. The predicted molar refractivity (Wildman–Crippen MR) is 90.7 cm³/mol. The van der Waals surface area contributed by atoms with E-state index in [0.29, 0.717) is 11.4 Å². The van der Waals surface area contributed by atoms with E-state index in [1.54, 1.807) is 24.3 Å². The van der Waals surface area contributed by atoms with Crippen molar-refractivity contribution in [3.05, 3.63) is 48.5 Å². The summed E-state index contributed by atoms with van der Waals surface area (Å²) in [4.78, 5) is 25.9. The maximum absolute atomic E-state index is 12.3. The highest BCUT2D eigenvalue weighted by molar-refractivity contribution is 6.03. The molecule has 0 atom stereocenters. The van der Waals surface area contributed by atoms with Gasteiger partial charge in [-0.3, -0.25) is 14.5 Å². The number of para-hydroxylation sites is 2. The zero-order valence-corrected chi connectivity index (χ0v) is 14.0. The average molecular weight is 380 g/mol. The van der Waals surface area contributed by atoms with Crippen LogP contribution in [0.5, 0.6) is 11.5 Å². The molecule has 1 aliphatic rings. The second-order valence-electron chi connectivity index (χ2n) is 5.67. The van der Waals surface area contributed by atoms with Gasteiger partial charge in [-0.1, -0.05) is 12.1 Å². The third kappa shape index (κ3) is 4.90. The second-order valence-corrected chi connectivity index (χ2v) is 5.67. The van der Waals surface area contributed by atoms with Crippen molar-refractivity contribution in [1.29, 1.82) is 0 Å². The van der Waals surface area contributed by atoms with E-state index < -0.39 is 18.0 Å². The van der Waals surface area contributed by atoms with E-state index in [2.05, 4.69) is 10.1 Å². The molecule has 0 saturated carbocycles. The lowest BCUT2D eigenvalue weighted by Gasteiger charge is -2.21. The quantitative estimate of drug-likeness (QED) is 0.884. The van der Waals surface area contributed by atoms with E-state index in [1.165, 1.54) is 17.0 Å². The Balaban J connectivity index is 1.67. The molecule has 142 valence electrons. The molecule has 0 bridgehead atoms. The van der Waals surface area contributed by atoms with E-state index in [-0.39, 0.29) is 31.2 Å². The van der Waals surface area contributed by atoms with Crippen molar-refractivity contribution in [2.75, 3.05) is 23.4 Å². The van der Waals surface area contributed by atoms with Crippen LogP contribution in [0.15, 0.2) is 48.5 Å². The van der Waals surface area contributed by atoms with Gasteiger partial charge >= 0.3 is 6.36 Å². The first-order valence-electron chi connectivity index (χ1n) is 8.00. The van der Waals surface area contributed by atoms with Crippen molar-refractivity contribution in [1.82, 2.24) is 0 Å². The fourth-order valence-corrected chi connectivity index (χ4v) is 2.58. The summed E-state index contributed by atoms with van der Waals surface area (Å²) in [6, 6.07) is 11.6. The Hall–Kier alpha value is -3.23. The summed E-state index contributed by atoms with van der Waals surface area (Å²) in [5.74, 6) is -0.646. The van der Waals surface area contributed by atoms with Crippen molar-refractivity contribution < 1.29 is 32.2 Å². The lowest BCUT2D eigenvalue weighted by atomic mass is 10.2. The van der Waals surface area contributed by atoms with Crippen LogP contribution >= 0.6 is 0 Å². The maximum atomic E-state index is 12.3. The van der Waals surface area contributed by atoms with E-state index in [9.17, 15) is 22.8 Å². The summed E-state index contributed by atoms with van der Waals surface area (Å²) in [6.07, 6.45) is -4.65. The molecule has 3 rings (SSSR count). The number of carbonyl (C=O) groups is 2. The van der Waals surface area contributed by atoms with E-state index >= 15 is 0 Å². The molecule has 1 aliphatic heterocycles. The smallest absolute Gasteiger partial charge is 0.491 e. The van der Waals surface area contributed by atoms with Crippen LogP contribution in [0.25, 0.3) is 0 Å². The molecular weight excluding hydrogens is 365 g/mol. The summed E-state index contributed by atoms with van der Waals surface area (Å²) in [7, 11) is 0. The second kappa shape index (κ2) is 7.56. The molecule has 0 spiro atoms. The molecular formula is C18H15F3N2O4. The maximum Gasteiger partial charge on any atom is 0.573 e. The molecule has 9 heteroatoms. The van der Waals surface area contributed by atoms with Gasteiger partial charge < -0.3 is 14.8 Å². The normalized spacial score (nSPS) is 14.0. The van der Waals surface area contributed by atoms with Gasteiger partial charge in [-0.05, 0) is 36.4 Å². The van der Waals surface area contributed by atoms with E-state index in [1.807, 2.05) is 0 Å². The molecule has 0 aromatic heterocycles. The summed E-state index contributed by atoms with van der Waals surface area (Å²) < 4.78 is 45.8. The Bertz CT molecular complexity index is 837. The number of nitrogens with one attached hydrogen (secondary N) is 1. The Kier molecular flexibility index (Phi) is 5.20. The van der Waals surface area contributed by atoms with Crippen molar-refractivity contribution in [2.24, 2.45) is 0 Å². The highest BCUT2D eigenvalue weighted by atomic mass is 19.4. The van der Waals surface area contributed by atoms with Crippen LogP contribution in [0.4, 0.5) is 24.5 Å². The van der Waals surface area contributed by atoms with Gasteiger partial charge in [-0.2, -0.15) is 0 Å². The van der Waals surface area contributed by atoms with Gasteiger partial charge in [-0.15, -0.1) is 13.2 Å². The number of carbonyl (C=O) groups excluding carboxylic acids is 2. The zero-order chi connectivity index (χ0) is 19.4. The minimum absolute atomic E-state index is 0.130. The van der Waals surface area contributed by atoms with Crippen molar-refractivity contribution in [3.8, 4) is 11.5 Å². The summed E-state index contributed by atoms with van der Waals surface area (Å²) in [5, 5.41) is 2.54. The number of benzene rings is 2. The highest BCUT2D eigenvalue weighted by Crippen LogP contribution is 2.31. The lowest BCUT2D eigenvalue weighted by Crippen LogP contribution is -2.37. The van der Waals surface area contributed by atoms with Gasteiger partial charge in [0.15, 0.2) is 0 Å². The Labute approximate surface area is 152 Å². The topological polar surface area (TPSA) is 67.9 Å². The average Bonchev–Trinajstić information content (AvgIpc) is 2.75. The molecule has 0 saturated heterocycles. The predicted octanol–water partition coefficient (Wildman–Crippen LogP) is 3.34. The van der Waals surface area contributed by atoms with Crippen LogP contribution in [0.3, 0.4) is 0 Å². The number of anilines is 2. The number of rotatable bonds is 4. The van der Waals surface area contributed by atoms with Gasteiger partial charge in [0.25, 0.3) is 0 Å². The number of alkyl halides is 3. The molecule has 2 amide bonds. The SMILES string of the molecule is O=C(CN1C(=O)CCOc2ccccc21)Nc1ccc(OC(F)(F)F)cc1. The van der Waals surface area contributed by atoms with Crippen LogP contribution in [0, 0.1) is 0 Å². The Morgan fingerprint density at radius 1 is 1.15 bits per heavy atom. The molecule has 2 aromatic rings. The first-order valence-corrected chi connectivity index (χ1v) is 8.00. The molecule has 1 N–H and O–H groups in total.